The maximum Gasteiger partial charge on any atom is 0.274 e. The highest BCUT2D eigenvalue weighted by molar-refractivity contribution is 6.23. The summed E-state index contributed by atoms with van der Waals surface area (Å²) in [6.45, 7) is 1.68. The molecule has 9 heteroatoms. The molecule has 7 nitrogen and oxygen atoms in total. The summed E-state index contributed by atoms with van der Waals surface area (Å²) in [7, 11) is 0. The highest BCUT2D eigenvalue weighted by atomic mass is 35.5. The molecule has 1 aliphatic heterocycles. The lowest BCUT2D eigenvalue weighted by Gasteiger charge is -2.12. The first kappa shape index (κ1) is 20.7. The van der Waals surface area contributed by atoms with Crippen LogP contribution in [0.2, 0.25) is 0 Å². The minimum atomic E-state index is -0.827. The van der Waals surface area contributed by atoms with Crippen molar-refractivity contribution < 1.29 is 14.0 Å². The molecule has 142 valence electrons. The number of anilines is 1. The molecule has 0 saturated heterocycles. The van der Waals surface area contributed by atoms with E-state index >= 15 is 0 Å². The third-order valence-corrected chi connectivity index (χ3v) is 3.92. The smallest absolute Gasteiger partial charge is 0.271 e. The zero-order chi connectivity index (χ0) is 19.4. The molecule has 2 amide bonds. The summed E-state index contributed by atoms with van der Waals surface area (Å²) in [5.41, 5.74) is 3.19. The Labute approximate surface area is 166 Å². The van der Waals surface area contributed by atoms with E-state index in [2.05, 4.69) is 15.6 Å². The normalized spacial score (nSPS) is 15.8. The lowest BCUT2D eigenvalue weighted by Crippen LogP contribution is -2.29. The van der Waals surface area contributed by atoms with E-state index in [0.717, 1.165) is 6.07 Å². The van der Waals surface area contributed by atoms with Gasteiger partial charge in [-0.05, 0) is 37.3 Å². The molecule has 0 fully saturated rings. The Hall–Kier alpha value is -3.57. The predicted octanol–water partition coefficient (Wildman–Crippen LogP) is 2.87. The van der Waals surface area contributed by atoms with Gasteiger partial charge in [0.2, 0.25) is 0 Å². The number of para-hydroxylation sites is 1. The van der Waals surface area contributed by atoms with Crippen LogP contribution in [0.3, 0.4) is 0 Å². The summed E-state index contributed by atoms with van der Waals surface area (Å²) < 4.78 is 13.8. The Morgan fingerprint density at radius 3 is 2.68 bits per heavy atom. The minimum absolute atomic E-state index is 0. The zero-order valence-corrected chi connectivity index (χ0v) is 15.5. The first-order chi connectivity index (χ1) is 13.0. The van der Waals surface area contributed by atoms with Gasteiger partial charge in [0.25, 0.3) is 11.8 Å². The lowest BCUT2D eigenvalue weighted by atomic mass is 10.1. The van der Waals surface area contributed by atoms with Crippen LogP contribution in [0.25, 0.3) is 0 Å². The van der Waals surface area contributed by atoms with Crippen molar-refractivity contribution in [3.63, 3.8) is 0 Å². The Balaban J connectivity index is 0.00000280. The molecule has 1 unspecified atom stereocenters. The molecule has 2 aromatic rings. The summed E-state index contributed by atoms with van der Waals surface area (Å²) in [4.78, 5) is 24.5. The van der Waals surface area contributed by atoms with Gasteiger partial charge in [0.15, 0.2) is 0 Å². The number of hydrazone groups is 2. The van der Waals surface area contributed by atoms with Gasteiger partial charge in [-0.25, -0.2) is 9.82 Å². The van der Waals surface area contributed by atoms with E-state index < -0.39 is 17.6 Å². The highest BCUT2D eigenvalue weighted by Gasteiger charge is 2.33. The van der Waals surface area contributed by atoms with Crippen molar-refractivity contribution >= 4 is 41.8 Å². The second-order valence-electron chi connectivity index (χ2n) is 5.73. The van der Waals surface area contributed by atoms with Crippen molar-refractivity contribution in [3.8, 4) is 6.07 Å². The van der Waals surface area contributed by atoms with Gasteiger partial charge in [0.05, 0.1) is 28.6 Å². The molecule has 1 aliphatic rings. The van der Waals surface area contributed by atoms with Gasteiger partial charge in [-0.2, -0.15) is 20.5 Å². The molecule has 0 bridgehead atoms. The number of carbonyl (C=O) groups excluding carboxylic acids is 2. The molecule has 0 aliphatic carbocycles. The fraction of sp³-hybridized carbons (Fsp3) is 0.105. The molecule has 1 atom stereocenters. The van der Waals surface area contributed by atoms with Gasteiger partial charge in [0, 0.05) is 6.21 Å². The molecular weight excluding hydrogens is 385 g/mol. The van der Waals surface area contributed by atoms with E-state index in [0.29, 0.717) is 11.4 Å². The monoisotopic (exact) mass is 399 g/mol. The van der Waals surface area contributed by atoms with Gasteiger partial charge >= 0.3 is 0 Å². The van der Waals surface area contributed by atoms with Gasteiger partial charge < -0.3 is 0 Å². The van der Waals surface area contributed by atoms with Crippen LogP contribution in [0.15, 0.2) is 58.7 Å². The summed E-state index contributed by atoms with van der Waals surface area (Å²) in [6.07, 6.45) is 1.25. The quantitative estimate of drug-likeness (QED) is 0.632. The molecule has 3 rings (SSSR count). The van der Waals surface area contributed by atoms with Crippen LogP contribution in [0.1, 0.15) is 22.8 Å². The number of nitrogens with one attached hydrogen (secondary N) is 1. The number of carbonyl (C=O) groups is 2. The molecular formula is C19H15ClFN5O2. The summed E-state index contributed by atoms with van der Waals surface area (Å²) in [5.74, 6) is -2.64. The molecule has 28 heavy (non-hydrogen) atoms. The van der Waals surface area contributed by atoms with Gasteiger partial charge in [0.1, 0.15) is 11.7 Å². The van der Waals surface area contributed by atoms with E-state index in [1.807, 2.05) is 6.07 Å². The Kier molecular flexibility index (Phi) is 6.58. The maximum atomic E-state index is 13.8. The second kappa shape index (κ2) is 8.88. The van der Waals surface area contributed by atoms with Gasteiger partial charge in [-0.15, -0.1) is 12.4 Å². The van der Waals surface area contributed by atoms with Crippen LogP contribution >= 0.6 is 12.4 Å². The van der Waals surface area contributed by atoms with E-state index in [1.165, 1.54) is 23.4 Å². The van der Waals surface area contributed by atoms with Gasteiger partial charge in [-0.3, -0.25) is 9.59 Å². The fourth-order valence-electron chi connectivity index (χ4n) is 2.50. The topological polar surface area (TPSA) is 97.9 Å². The number of nitriles is 1. The standard InChI is InChI=1S/C19H14FN5O2.ClH/c1-12-16(19(27)25(24-12)14-5-3-2-4-6-14)11-22-23-18(26)15-8-7-13(10-21)9-17(15)20;/h2-9,11,16H,1H3,(H,23,26);1H. The molecule has 2 aromatic carbocycles. The molecule has 0 saturated carbocycles. The first-order valence-corrected chi connectivity index (χ1v) is 7.98. The molecule has 1 N–H and O–H groups in total. The van der Waals surface area contributed by atoms with Crippen molar-refractivity contribution in [2.75, 3.05) is 5.01 Å². The van der Waals surface area contributed by atoms with Crippen molar-refractivity contribution in [1.82, 2.24) is 5.43 Å². The minimum Gasteiger partial charge on any atom is -0.271 e. The van der Waals surface area contributed by atoms with E-state index in [4.69, 9.17) is 5.26 Å². The average molecular weight is 400 g/mol. The lowest BCUT2D eigenvalue weighted by molar-refractivity contribution is -0.118. The molecule has 1 heterocycles. The molecule has 0 spiro atoms. The molecule has 0 aromatic heterocycles. The van der Waals surface area contributed by atoms with Crippen molar-refractivity contribution in [3.05, 3.63) is 65.5 Å². The number of rotatable bonds is 4. The second-order valence-corrected chi connectivity index (χ2v) is 5.73. The number of halogens is 2. The van der Waals surface area contributed by atoms with Crippen LogP contribution in [0.4, 0.5) is 10.1 Å². The maximum absolute atomic E-state index is 13.8. The average Bonchev–Trinajstić information content (AvgIpc) is 2.96. The number of hydrogen-bond donors (Lipinski definition) is 1. The van der Waals surface area contributed by atoms with Crippen LogP contribution in [-0.4, -0.2) is 23.7 Å². The Morgan fingerprint density at radius 1 is 1.32 bits per heavy atom. The summed E-state index contributed by atoms with van der Waals surface area (Å²) in [6, 6.07) is 14.2. The van der Waals surface area contributed by atoms with Crippen molar-refractivity contribution in [1.29, 1.82) is 5.26 Å². The van der Waals surface area contributed by atoms with Crippen molar-refractivity contribution in [2.45, 2.75) is 6.92 Å². The highest BCUT2D eigenvalue weighted by Crippen LogP contribution is 2.22. The Morgan fingerprint density at radius 2 is 2.04 bits per heavy atom. The van der Waals surface area contributed by atoms with E-state index in [-0.39, 0.29) is 29.4 Å². The van der Waals surface area contributed by atoms with Crippen LogP contribution < -0.4 is 10.4 Å². The number of nitrogens with zero attached hydrogens (tertiary/aromatic N) is 4. The SMILES string of the molecule is CC1=NN(c2ccccc2)C(=O)C1C=NNC(=O)c1ccc(C#N)cc1F.Cl. The van der Waals surface area contributed by atoms with Crippen LogP contribution in [0, 0.1) is 23.1 Å². The van der Waals surface area contributed by atoms with Crippen LogP contribution in [-0.2, 0) is 4.79 Å². The zero-order valence-electron chi connectivity index (χ0n) is 14.7. The first-order valence-electron chi connectivity index (χ1n) is 7.98. The molecule has 0 radical (unpaired) electrons. The number of hydrogen-bond acceptors (Lipinski definition) is 5. The largest absolute Gasteiger partial charge is 0.274 e. The van der Waals surface area contributed by atoms with Crippen molar-refractivity contribution in [2.24, 2.45) is 16.1 Å². The fourth-order valence-corrected chi connectivity index (χ4v) is 2.50. The van der Waals surface area contributed by atoms with E-state index in [9.17, 15) is 14.0 Å². The summed E-state index contributed by atoms with van der Waals surface area (Å²) >= 11 is 0. The van der Waals surface area contributed by atoms with Crippen LogP contribution in [0.5, 0.6) is 0 Å². The van der Waals surface area contributed by atoms with E-state index in [1.54, 1.807) is 37.3 Å². The summed E-state index contributed by atoms with van der Waals surface area (Å²) in [5, 5.41) is 18.0. The number of benzene rings is 2. The van der Waals surface area contributed by atoms with Gasteiger partial charge in [-0.1, -0.05) is 18.2 Å². The third-order valence-electron chi connectivity index (χ3n) is 3.92. The Bertz CT molecular complexity index is 1000. The number of amides is 2. The third kappa shape index (κ3) is 4.22. The predicted molar refractivity (Wildman–Crippen MR) is 105 cm³/mol.